The third kappa shape index (κ3) is 3.75. The van der Waals surface area contributed by atoms with Crippen LogP contribution in [0.3, 0.4) is 0 Å². The van der Waals surface area contributed by atoms with E-state index in [0.717, 1.165) is 27.0 Å². The molecule has 1 amide bonds. The van der Waals surface area contributed by atoms with Crippen LogP contribution in [-0.2, 0) is 17.8 Å². The average Bonchev–Trinajstić information content (AvgIpc) is 3.15. The van der Waals surface area contributed by atoms with E-state index in [4.69, 9.17) is 0 Å². The van der Waals surface area contributed by atoms with E-state index in [-0.39, 0.29) is 5.91 Å². The number of aryl methyl sites for hydroxylation is 1. The summed E-state index contributed by atoms with van der Waals surface area (Å²) >= 11 is 3.09. The maximum atomic E-state index is 11.9. The van der Waals surface area contributed by atoms with Crippen molar-refractivity contribution in [3.8, 4) is 11.3 Å². The van der Waals surface area contributed by atoms with Gasteiger partial charge in [-0.2, -0.15) is 0 Å². The van der Waals surface area contributed by atoms with Gasteiger partial charge in [0.05, 0.1) is 29.4 Å². The number of nitrogens with zero attached hydrogens (tertiary/aromatic N) is 3. The number of aromatic nitrogens is 3. The van der Waals surface area contributed by atoms with Crippen molar-refractivity contribution >= 4 is 28.6 Å². The van der Waals surface area contributed by atoms with E-state index in [1.54, 1.807) is 23.7 Å². The van der Waals surface area contributed by atoms with Crippen LogP contribution in [0.5, 0.6) is 0 Å². The predicted octanol–water partition coefficient (Wildman–Crippen LogP) is 2.83. The molecule has 0 aliphatic heterocycles. The van der Waals surface area contributed by atoms with Crippen LogP contribution in [0.25, 0.3) is 11.3 Å². The molecular formula is C15H14N4OS2. The number of rotatable bonds is 5. The SMILES string of the molecule is Cc1nc(CC(=O)NCc2nc(-c3ccncc3)cs2)cs1. The Morgan fingerprint density at radius 1 is 1.18 bits per heavy atom. The molecule has 0 spiro atoms. The number of thiazole rings is 2. The first kappa shape index (κ1) is 14.8. The number of hydrogen-bond acceptors (Lipinski definition) is 6. The average molecular weight is 330 g/mol. The summed E-state index contributed by atoms with van der Waals surface area (Å²) in [6.45, 7) is 2.37. The fourth-order valence-corrected chi connectivity index (χ4v) is 3.29. The zero-order valence-electron chi connectivity index (χ0n) is 11.9. The summed E-state index contributed by atoms with van der Waals surface area (Å²) in [6, 6.07) is 3.84. The monoisotopic (exact) mass is 330 g/mol. The largest absolute Gasteiger partial charge is 0.349 e. The summed E-state index contributed by atoms with van der Waals surface area (Å²) in [5.41, 5.74) is 2.75. The minimum Gasteiger partial charge on any atom is -0.349 e. The Balaban J connectivity index is 1.56. The zero-order valence-corrected chi connectivity index (χ0v) is 13.6. The molecule has 3 rings (SSSR count). The molecule has 3 aromatic heterocycles. The first-order valence-corrected chi connectivity index (χ1v) is 8.49. The minimum atomic E-state index is -0.0361. The van der Waals surface area contributed by atoms with Crippen LogP contribution < -0.4 is 5.32 Å². The van der Waals surface area contributed by atoms with E-state index in [0.29, 0.717) is 13.0 Å². The van der Waals surface area contributed by atoms with E-state index in [1.807, 2.05) is 29.8 Å². The van der Waals surface area contributed by atoms with Gasteiger partial charge in [0.15, 0.2) is 0 Å². The van der Waals surface area contributed by atoms with Crippen molar-refractivity contribution in [2.45, 2.75) is 19.9 Å². The first-order valence-electron chi connectivity index (χ1n) is 6.73. The van der Waals surface area contributed by atoms with Gasteiger partial charge in [0.1, 0.15) is 5.01 Å². The predicted molar refractivity (Wildman–Crippen MR) is 87.7 cm³/mol. The maximum absolute atomic E-state index is 11.9. The molecule has 0 saturated carbocycles. The fraction of sp³-hybridized carbons (Fsp3) is 0.200. The zero-order chi connectivity index (χ0) is 15.4. The lowest BCUT2D eigenvalue weighted by atomic mass is 10.2. The summed E-state index contributed by atoms with van der Waals surface area (Å²) < 4.78 is 0. The highest BCUT2D eigenvalue weighted by Crippen LogP contribution is 2.20. The van der Waals surface area contributed by atoms with Crippen LogP contribution in [0.2, 0.25) is 0 Å². The van der Waals surface area contributed by atoms with Crippen molar-refractivity contribution in [2.24, 2.45) is 0 Å². The summed E-state index contributed by atoms with van der Waals surface area (Å²) in [4.78, 5) is 24.7. The van der Waals surface area contributed by atoms with Crippen molar-refractivity contribution in [3.05, 3.63) is 51.0 Å². The lowest BCUT2D eigenvalue weighted by Crippen LogP contribution is -2.24. The van der Waals surface area contributed by atoms with Crippen molar-refractivity contribution in [1.29, 1.82) is 0 Å². The van der Waals surface area contributed by atoms with Gasteiger partial charge in [0, 0.05) is 28.7 Å². The molecule has 3 aromatic rings. The molecule has 0 aliphatic rings. The smallest absolute Gasteiger partial charge is 0.226 e. The van der Waals surface area contributed by atoms with Gasteiger partial charge >= 0.3 is 0 Å². The second-order valence-electron chi connectivity index (χ2n) is 4.67. The van der Waals surface area contributed by atoms with Gasteiger partial charge in [0.25, 0.3) is 0 Å². The lowest BCUT2D eigenvalue weighted by molar-refractivity contribution is -0.120. The molecule has 112 valence electrons. The quantitative estimate of drug-likeness (QED) is 0.781. The molecule has 5 nitrogen and oxygen atoms in total. The van der Waals surface area contributed by atoms with E-state index < -0.39 is 0 Å². The molecule has 22 heavy (non-hydrogen) atoms. The molecule has 0 aromatic carbocycles. The van der Waals surface area contributed by atoms with E-state index >= 15 is 0 Å². The molecule has 0 atom stereocenters. The van der Waals surface area contributed by atoms with Crippen LogP contribution in [0.4, 0.5) is 0 Å². The minimum absolute atomic E-state index is 0.0361. The molecule has 0 bridgehead atoms. The molecule has 1 N–H and O–H groups in total. The lowest BCUT2D eigenvalue weighted by Gasteiger charge is -2.01. The second-order valence-corrected chi connectivity index (χ2v) is 6.68. The first-order chi connectivity index (χ1) is 10.7. The number of pyridine rings is 1. The highest BCUT2D eigenvalue weighted by Gasteiger charge is 2.08. The van der Waals surface area contributed by atoms with Crippen molar-refractivity contribution in [3.63, 3.8) is 0 Å². The number of hydrogen-bond donors (Lipinski definition) is 1. The number of nitrogens with one attached hydrogen (secondary N) is 1. The summed E-state index contributed by atoms with van der Waals surface area (Å²) in [5, 5.41) is 8.65. The van der Waals surface area contributed by atoms with E-state index in [2.05, 4.69) is 20.3 Å². The second kappa shape index (κ2) is 6.76. The summed E-state index contributed by atoms with van der Waals surface area (Å²) in [7, 11) is 0. The Kier molecular flexibility index (Phi) is 4.55. The Hall–Kier alpha value is -2.12. The standard InChI is InChI=1S/C15H14N4OS2/c1-10-18-12(8-21-10)6-14(20)17-7-15-19-13(9-22-15)11-2-4-16-5-3-11/h2-5,8-9H,6-7H2,1H3,(H,17,20). The van der Waals surface area contributed by atoms with Crippen LogP contribution in [-0.4, -0.2) is 20.9 Å². The topological polar surface area (TPSA) is 67.8 Å². The van der Waals surface area contributed by atoms with Crippen LogP contribution in [0.1, 0.15) is 15.7 Å². The van der Waals surface area contributed by atoms with Gasteiger partial charge in [-0.05, 0) is 19.1 Å². The Bertz CT molecular complexity index is 767. The Morgan fingerprint density at radius 3 is 2.73 bits per heavy atom. The Morgan fingerprint density at radius 2 is 2.00 bits per heavy atom. The molecular weight excluding hydrogens is 316 g/mol. The molecule has 0 aliphatic carbocycles. The number of carbonyl (C=O) groups is 1. The van der Waals surface area contributed by atoms with Crippen LogP contribution in [0, 0.1) is 6.92 Å². The summed E-state index contributed by atoms with van der Waals surface area (Å²) in [6.07, 6.45) is 3.80. The van der Waals surface area contributed by atoms with Gasteiger partial charge in [0.2, 0.25) is 5.91 Å². The highest BCUT2D eigenvalue weighted by molar-refractivity contribution is 7.10. The van der Waals surface area contributed by atoms with Crippen molar-refractivity contribution < 1.29 is 4.79 Å². The maximum Gasteiger partial charge on any atom is 0.226 e. The van der Waals surface area contributed by atoms with Gasteiger partial charge in [-0.25, -0.2) is 9.97 Å². The molecule has 0 unspecified atom stereocenters. The third-order valence-corrected chi connectivity index (χ3v) is 4.64. The van der Waals surface area contributed by atoms with Gasteiger partial charge < -0.3 is 5.32 Å². The number of amides is 1. The molecule has 7 heteroatoms. The summed E-state index contributed by atoms with van der Waals surface area (Å²) in [5.74, 6) is -0.0361. The molecule has 3 heterocycles. The van der Waals surface area contributed by atoms with Crippen molar-refractivity contribution in [2.75, 3.05) is 0 Å². The van der Waals surface area contributed by atoms with Gasteiger partial charge in [-0.3, -0.25) is 9.78 Å². The molecule has 0 radical (unpaired) electrons. The van der Waals surface area contributed by atoms with E-state index in [9.17, 15) is 4.79 Å². The normalized spacial score (nSPS) is 10.6. The highest BCUT2D eigenvalue weighted by atomic mass is 32.1. The van der Waals surface area contributed by atoms with Gasteiger partial charge in [-0.1, -0.05) is 0 Å². The molecule has 0 fully saturated rings. The third-order valence-electron chi connectivity index (χ3n) is 2.97. The van der Waals surface area contributed by atoms with E-state index in [1.165, 1.54) is 11.3 Å². The van der Waals surface area contributed by atoms with Gasteiger partial charge in [-0.15, -0.1) is 22.7 Å². The van der Waals surface area contributed by atoms with Crippen LogP contribution in [0.15, 0.2) is 35.3 Å². The molecule has 0 saturated heterocycles. The number of carbonyl (C=O) groups excluding carboxylic acids is 1. The Labute approximate surface area is 136 Å². The van der Waals surface area contributed by atoms with Crippen LogP contribution >= 0.6 is 22.7 Å². The fourth-order valence-electron chi connectivity index (χ4n) is 1.94. The van der Waals surface area contributed by atoms with Crippen molar-refractivity contribution in [1.82, 2.24) is 20.3 Å².